The lowest BCUT2D eigenvalue weighted by molar-refractivity contribution is 0.0944. The summed E-state index contributed by atoms with van der Waals surface area (Å²) in [5.74, 6) is 0.616. The van der Waals surface area contributed by atoms with Gasteiger partial charge in [0.15, 0.2) is 5.82 Å². The van der Waals surface area contributed by atoms with E-state index in [1.165, 1.54) is 11.5 Å². The molecule has 6 nitrogen and oxygen atoms in total. The lowest BCUT2D eigenvalue weighted by atomic mass is 10.1. The van der Waals surface area contributed by atoms with Crippen LogP contribution < -0.4 is 16.0 Å². The number of anilines is 2. The van der Waals surface area contributed by atoms with E-state index in [1.54, 1.807) is 0 Å². The lowest BCUT2D eigenvalue weighted by Crippen LogP contribution is -2.32. The van der Waals surface area contributed by atoms with Crippen LogP contribution in [0.4, 0.5) is 10.8 Å². The summed E-state index contributed by atoms with van der Waals surface area (Å²) in [5.41, 5.74) is 6.34. The van der Waals surface area contributed by atoms with Crippen molar-refractivity contribution >= 4 is 28.3 Å². The number of hydrogen-bond donors (Lipinski definition) is 3. The predicted octanol–water partition coefficient (Wildman–Crippen LogP) is 1.07. The van der Waals surface area contributed by atoms with Crippen molar-refractivity contribution in [1.29, 1.82) is 0 Å². The minimum absolute atomic E-state index is 0.0652. The van der Waals surface area contributed by atoms with Gasteiger partial charge in [0.1, 0.15) is 10.6 Å². The molecule has 1 aliphatic rings. The zero-order valence-electron chi connectivity index (χ0n) is 11.9. The molecule has 7 heteroatoms. The summed E-state index contributed by atoms with van der Waals surface area (Å²) in [6, 6.07) is 0.0652. The summed E-state index contributed by atoms with van der Waals surface area (Å²) in [6.45, 7) is 5.78. The van der Waals surface area contributed by atoms with Crippen LogP contribution >= 0.6 is 11.5 Å². The minimum Gasteiger partial charge on any atom is -0.396 e. The molecule has 0 saturated carbocycles. The molecule has 0 bridgehead atoms. The van der Waals surface area contributed by atoms with E-state index in [0.29, 0.717) is 17.3 Å². The van der Waals surface area contributed by atoms with Crippen LogP contribution in [0.25, 0.3) is 0 Å². The third-order valence-electron chi connectivity index (χ3n) is 3.46. The van der Waals surface area contributed by atoms with Crippen molar-refractivity contribution in [3.63, 3.8) is 0 Å². The number of aromatic nitrogens is 1. The second kappa shape index (κ2) is 6.41. The van der Waals surface area contributed by atoms with Crippen molar-refractivity contribution in [3.05, 3.63) is 5.56 Å². The van der Waals surface area contributed by atoms with Gasteiger partial charge in [-0.05, 0) is 44.1 Å². The molecular weight excluding hydrogens is 276 g/mol. The summed E-state index contributed by atoms with van der Waals surface area (Å²) < 4.78 is 4.13. The Kier molecular flexibility index (Phi) is 4.82. The Hall–Kier alpha value is -1.34. The van der Waals surface area contributed by atoms with E-state index in [4.69, 9.17) is 10.8 Å². The molecule has 2 heterocycles. The largest absolute Gasteiger partial charge is 0.396 e. The van der Waals surface area contributed by atoms with Crippen LogP contribution in [0.5, 0.6) is 0 Å². The second-order valence-corrected chi connectivity index (χ2v) is 6.24. The van der Waals surface area contributed by atoms with Gasteiger partial charge >= 0.3 is 0 Å². The van der Waals surface area contributed by atoms with Crippen molar-refractivity contribution in [2.24, 2.45) is 5.92 Å². The average molecular weight is 298 g/mol. The van der Waals surface area contributed by atoms with E-state index < -0.39 is 0 Å². The number of nitrogen functional groups attached to an aromatic ring is 1. The Morgan fingerprint density at radius 2 is 2.40 bits per heavy atom. The molecule has 0 aliphatic carbocycles. The summed E-state index contributed by atoms with van der Waals surface area (Å²) in [4.78, 5) is 14.4. The molecule has 1 atom stereocenters. The first-order valence-corrected chi connectivity index (χ1v) is 7.72. The molecule has 1 unspecified atom stereocenters. The highest BCUT2D eigenvalue weighted by Gasteiger charge is 2.29. The summed E-state index contributed by atoms with van der Waals surface area (Å²) in [6.07, 6.45) is 1.84. The normalized spacial score (nSPS) is 18.8. The molecule has 1 amide bonds. The monoisotopic (exact) mass is 298 g/mol. The minimum atomic E-state index is -0.160. The van der Waals surface area contributed by atoms with Crippen LogP contribution in [-0.4, -0.2) is 41.1 Å². The maximum Gasteiger partial charge on any atom is 0.258 e. The van der Waals surface area contributed by atoms with Gasteiger partial charge in [-0.1, -0.05) is 0 Å². The lowest BCUT2D eigenvalue weighted by Gasteiger charge is -2.18. The Morgan fingerprint density at radius 1 is 1.65 bits per heavy atom. The van der Waals surface area contributed by atoms with Gasteiger partial charge in [-0.15, -0.1) is 0 Å². The van der Waals surface area contributed by atoms with Gasteiger partial charge in [-0.2, -0.15) is 4.37 Å². The van der Waals surface area contributed by atoms with Gasteiger partial charge in [0.05, 0.1) is 0 Å². The van der Waals surface area contributed by atoms with Gasteiger partial charge in [0.25, 0.3) is 5.91 Å². The van der Waals surface area contributed by atoms with E-state index in [9.17, 15) is 4.79 Å². The van der Waals surface area contributed by atoms with E-state index in [2.05, 4.69) is 14.6 Å². The molecule has 1 fully saturated rings. The zero-order valence-corrected chi connectivity index (χ0v) is 12.7. The SMILES string of the molecule is CC(C)NC(=O)c1c(N)nsc1N1CCC(CCO)C1. The number of nitrogens with two attached hydrogens (primary N) is 1. The third-order valence-corrected chi connectivity index (χ3v) is 4.38. The van der Waals surface area contributed by atoms with Crippen molar-refractivity contribution in [2.75, 3.05) is 30.3 Å². The number of rotatable bonds is 5. The number of carbonyl (C=O) groups is 1. The van der Waals surface area contributed by atoms with Gasteiger partial charge < -0.3 is 21.1 Å². The topological polar surface area (TPSA) is 91.5 Å². The van der Waals surface area contributed by atoms with Gasteiger partial charge in [-0.3, -0.25) is 4.79 Å². The van der Waals surface area contributed by atoms with Crippen LogP contribution in [0.3, 0.4) is 0 Å². The summed E-state index contributed by atoms with van der Waals surface area (Å²) >= 11 is 1.28. The van der Waals surface area contributed by atoms with Crippen molar-refractivity contribution < 1.29 is 9.90 Å². The average Bonchev–Trinajstić information content (AvgIpc) is 2.95. The third kappa shape index (κ3) is 3.21. The van der Waals surface area contributed by atoms with E-state index >= 15 is 0 Å². The number of aliphatic hydroxyl groups excluding tert-OH is 1. The standard InChI is InChI=1S/C13H22N4O2S/c1-8(2)15-12(19)10-11(14)16-20-13(10)17-5-3-9(7-17)4-6-18/h8-9,18H,3-7H2,1-2H3,(H2,14,16)(H,15,19). The van der Waals surface area contributed by atoms with Crippen LogP contribution in [0, 0.1) is 5.92 Å². The first kappa shape index (κ1) is 15.1. The maximum atomic E-state index is 12.2. The highest BCUT2D eigenvalue weighted by atomic mass is 32.1. The summed E-state index contributed by atoms with van der Waals surface area (Å²) in [7, 11) is 0. The number of carbonyl (C=O) groups excluding carboxylic acids is 1. The smallest absolute Gasteiger partial charge is 0.258 e. The fourth-order valence-corrected chi connectivity index (χ4v) is 3.34. The van der Waals surface area contributed by atoms with E-state index in [0.717, 1.165) is 30.9 Å². The van der Waals surface area contributed by atoms with Gasteiger partial charge in [0, 0.05) is 25.7 Å². The Balaban J connectivity index is 2.15. The molecule has 20 heavy (non-hydrogen) atoms. The van der Waals surface area contributed by atoms with Crippen molar-refractivity contribution in [1.82, 2.24) is 9.69 Å². The molecule has 1 aromatic heterocycles. The Morgan fingerprint density at radius 3 is 3.05 bits per heavy atom. The number of aliphatic hydroxyl groups is 1. The van der Waals surface area contributed by atoms with E-state index in [1.807, 2.05) is 13.8 Å². The molecule has 1 saturated heterocycles. The van der Waals surface area contributed by atoms with Crippen molar-refractivity contribution in [2.45, 2.75) is 32.7 Å². The first-order chi connectivity index (χ1) is 9.52. The van der Waals surface area contributed by atoms with Crippen LogP contribution in [0.15, 0.2) is 0 Å². The molecular formula is C13H22N4O2S. The highest BCUT2D eigenvalue weighted by molar-refractivity contribution is 7.11. The van der Waals surface area contributed by atoms with Crippen LogP contribution in [0.1, 0.15) is 37.0 Å². The number of amides is 1. The number of nitrogens with zero attached hydrogens (tertiary/aromatic N) is 2. The molecule has 0 radical (unpaired) electrons. The van der Waals surface area contributed by atoms with E-state index in [-0.39, 0.29) is 18.6 Å². The highest BCUT2D eigenvalue weighted by Crippen LogP contribution is 2.34. The quantitative estimate of drug-likeness (QED) is 0.756. The first-order valence-electron chi connectivity index (χ1n) is 6.94. The van der Waals surface area contributed by atoms with Crippen LogP contribution in [0.2, 0.25) is 0 Å². The van der Waals surface area contributed by atoms with Crippen molar-refractivity contribution in [3.8, 4) is 0 Å². The summed E-state index contributed by atoms with van der Waals surface area (Å²) in [5, 5.41) is 12.7. The zero-order chi connectivity index (χ0) is 14.7. The molecule has 2 rings (SSSR count). The number of hydrogen-bond acceptors (Lipinski definition) is 6. The van der Waals surface area contributed by atoms with Gasteiger partial charge in [-0.25, -0.2) is 0 Å². The molecule has 112 valence electrons. The molecule has 1 aliphatic heterocycles. The van der Waals surface area contributed by atoms with Crippen LogP contribution in [-0.2, 0) is 0 Å². The Bertz CT molecular complexity index is 475. The fraction of sp³-hybridized carbons (Fsp3) is 0.692. The Labute approximate surface area is 123 Å². The molecule has 0 spiro atoms. The predicted molar refractivity (Wildman–Crippen MR) is 81.2 cm³/mol. The molecule has 4 N–H and O–H groups in total. The maximum absolute atomic E-state index is 12.2. The fourth-order valence-electron chi connectivity index (χ4n) is 2.49. The molecule has 0 aromatic carbocycles. The number of nitrogens with one attached hydrogen (secondary N) is 1. The van der Waals surface area contributed by atoms with Gasteiger partial charge in [0.2, 0.25) is 0 Å². The molecule has 1 aromatic rings. The second-order valence-electron chi connectivity index (χ2n) is 5.49.